The SMILES string of the molecule is CCCC(=O)CCCCOc1ccccc1. The molecule has 0 aromatic heterocycles. The van der Waals surface area contributed by atoms with E-state index in [9.17, 15) is 4.79 Å². The van der Waals surface area contributed by atoms with Crippen molar-refractivity contribution < 1.29 is 9.53 Å². The van der Waals surface area contributed by atoms with Gasteiger partial charge in [-0.15, -0.1) is 0 Å². The first-order chi connectivity index (χ1) is 7.83. The van der Waals surface area contributed by atoms with Crippen LogP contribution < -0.4 is 4.74 Å². The van der Waals surface area contributed by atoms with Crippen LogP contribution in [0.1, 0.15) is 39.0 Å². The molecule has 0 N–H and O–H groups in total. The number of para-hydroxylation sites is 1. The largest absolute Gasteiger partial charge is 0.494 e. The Labute approximate surface area is 97.6 Å². The molecule has 1 rings (SSSR count). The third kappa shape index (κ3) is 5.54. The van der Waals surface area contributed by atoms with Crippen molar-refractivity contribution in [1.82, 2.24) is 0 Å². The summed E-state index contributed by atoms with van der Waals surface area (Å²) in [5, 5.41) is 0. The van der Waals surface area contributed by atoms with Gasteiger partial charge in [-0.1, -0.05) is 25.1 Å². The lowest BCUT2D eigenvalue weighted by atomic mass is 10.1. The van der Waals surface area contributed by atoms with Gasteiger partial charge in [0.15, 0.2) is 0 Å². The number of ether oxygens (including phenoxy) is 1. The van der Waals surface area contributed by atoms with Gasteiger partial charge >= 0.3 is 0 Å². The van der Waals surface area contributed by atoms with Crippen molar-refractivity contribution in [2.75, 3.05) is 6.61 Å². The second-order valence-corrected chi connectivity index (χ2v) is 3.91. The average Bonchev–Trinajstić information content (AvgIpc) is 2.30. The molecule has 2 heteroatoms. The van der Waals surface area contributed by atoms with E-state index >= 15 is 0 Å². The van der Waals surface area contributed by atoms with E-state index in [0.29, 0.717) is 18.8 Å². The second kappa shape index (κ2) is 7.91. The lowest BCUT2D eigenvalue weighted by Gasteiger charge is -2.05. The molecule has 1 aromatic rings. The van der Waals surface area contributed by atoms with Crippen molar-refractivity contribution in [1.29, 1.82) is 0 Å². The zero-order valence-corrected chi connectivity index (χ0v) is 9.95. The predicted octanol–water partition coefficient (Wildman–Crippen LogP) is 3.60. The van der Waals surface area contributed by atoms with Gasteiger partial charge in [-0.2, -0.15) is 0 Å². The fourth-order valence-electron chi connectivity index (χ4n) is 1.53. The molecule has 0 fully saturated rings. The van der Waals surface area contributed by atoms with Crippen LogP contribution in [0.4, 0.5) is 0 Å². The van der Waals surface area contributed by atoms with Crippen molar-refractivity contribution in [3.63, 3.8) is 0 Å². The molecule has 0 aliphatic carbocycles. The molecule has 0 saturated carbocycles. The Bertz CT molecular complexity index is 293. The monoisotopic (exact) mass is 220 g/mol. The third-order valence-corrected chi connectivity index (χ3v) is 2.39. The molecule has 0 spiro atoms. The number of hydrogen-bond donors (Lipinski definition) is 0. The van der Waals surface area contributed by atoms with Gasteiger partial charge in [-0.3, -0.25) is 4.79 Å². The normalized spacial score (nSPS) is 10.1. The van der Waals surface area contributed by atoms with Crippen LogP contribution >= 0.6 is 0 Å². The Morgan fingerprint density at radius 3 is 2.56 bits per heavy atom. The fraction of sp³-hybridized carbons (Fsp3) is 0.500. The Hall–Kier alpha value is -1.31. The van der Waals surface area contributed by atoms with E-state index in [0.717, 1.165) is 31.4 Å². The molecule has 0 atom stereocenters. The molecular formula is C14H20O2. The Kier molecular flexibility index (Phi) is 6.31. The van der Waals surface area contributed by atoms with Crippen molar-refractivity contribution in [2.45, 2.75) is 39.0 Å². The molecule has 0 amide bonds. The molecule has 16 heavy (non-hydrogen) atoms. The number of unbranched alkanes of at least 4 members (excludes halogenated alkanes) is 1. The summed E-state index contributed by atoms with van der Waals surface area (Å²) in [5.74, 6) is 1.28. The van der Waals surface area contributed by atoms with Crippen molar-refractivity contribution >= 4 is 5.78 Å². The predicted molar refractivity (Wildman–Crippen MR) is 65.7 cm³/mol. The lowest BCUT2D eigenvalue weighted by Crippen LogP contribution is -2.00. The van der Waals surface area contributed by atoms with Gasteiger partial charge in [0.05, 0.1) is 6.61 Å². The summed E-state index contributed by atoms with van der Waals surface area (Å²) >= 11 is 0. The van der Waals surface area contributed by atoms with Gasteiger partial charge in [0.1, 0.15) is 11.5 Å². The number of hydrogen-bond acceptors (Lipinski definition) is 2. The Balaban J connectivity index is 2.02. The van der Waals surface area contributed by atoms with Crippen molar-refractivity contribution in [3.05, 3.63) is 30.3 Å². The zero-order valence-electron chi connectivity index (χ0n) is 9.95. The van der Waals surface area contributed by atoms with E-state index in [4.69, 9.17) is 4.74 Å². The lowest BCUT2D eigenvalue weighted by molar-refractivity contribution is -0.119. The second-order valence-electron chi connectivity index (χ2n) is 3.91. The summed E-state index contributed by atoms with van der Waals surface area (Å²) < 4.78 is 5.54. The zero-order chi connectivity index (χ0) is 11.6. The van der Waals surface area contributed by atoms with E-state index in [2.05, 4.69) is 0 Å². The highest BCUT2D eigenvalue weighted by Gasteiger charge is 1.99. The first-order valence-electron chi connectivity index (χ1n) is 6.02. The highest BCUT2D eigenvalue weighted by atomic mass is 16.5. The number of rotatable bonds is 8. The number of benzene rings is 1. The molecule has 0 radical (unpaired) electrons. The van der Waals surface area contributed by atoms with Crippen LogP contribution in [-0.4, -0.2) is 12.4 Å². The van der Waals surface area contributed by atoms with E-state index in [1.54, 1.807) is 0 Å². The van der Waals surface area contributed by atoms with E-state index in [-0.39, 0.29) is 0 Å². The maximum absolute atomic E-state index is 11.2. The Morgan fingerprint density at radius 2 is 1.88 bits per heavy atom. The maximum Gasteiger partial charge on any atom is 0.132 e. The summed E-state index contributed by atoms with van der Waals surface area (Å²) in [6, 6.07) is 9.78. The maximum atomic E-state index is 11.2. The molecule has 1 aromatic carbocycles. The molecule has 0 heterocycles. The van der Waals surface area contributed by atoms with Gasteiger partial charge in [-0.25, -0.2) is 0 Å². The van der Waals surface area contributed by atoms with Crippen LogP contribution in [-0.2, 0) is 4.79 Å². The van der Waals surface area contributed by atoms with E-state index < -0.39 is 0 Å². The molecule has 2 nitrogen and oxygen atoms in total. The van der Waals surface area contributed by atoms with Crippen LogP contribution in [0.5, 0.6) is 5.75 Å². The van der Waals surface area contributed by atoms with Crippen LogP contribution in [0.25, 0.3) is 0 Å². The minimum atomic E-state index is 0.377. The summed E-state index contributed by atoms with van der Waals surface area (Å²) in [5.41, 5.74) is 0. The Morgan fingerprint density at radius 1 is 1.12 bits per heavy atom. The molecule has 0 aliphatic rings. The van der Waals surface area contributed by atoms with E-state index in [1.807, 2.05) is 37.3 Å². The van der Waals surface area contributed by atoms with Gasteiger partial charge < -0.3 is 4.74 Å². The standard InChI is InChI=1S/C14H20O2/c1-2-8-13(15)9-6-7-12-16-14-10-4-3-5-11-14/h3-5,10-11H,2,6-9,12H2,1H3. The topological polar surface area (TPSA) is 26.3 Å². The molecular weight excluding hydrogens is 200 g/mol. The smallest absolute Gasteiger partial charge is 0.132 e. The molecule has 0 aliphatic heterocycles. The minimum Gasteiger partial charge on any atom is -0.494 e. The summed E-state index contributed by atoms with van der Waals surface area (Å²) in [6.07, 6.45) is 4.26. The fourth-order valence-corrected chi connectivity index (χ4v) is 1.53. The number of carbonyl (C=O) groups excluding carboxylic acids is 1. The van der Waals surface area contributed by atoms with Crippen LogP contribution in [0, 0.1) is 0 Å². The van der Waals surface area contributed by atoms with E-state index in [1.165, 1.54) is 0 Å². The molecule has 0 saturated heterocycles. The average molecular weight is 220 g/mol. The molecule has 0 unspecified atom stereocenters. The highest BCUT2D eigenvalue weighted by molar-refractivity contribution is 5.78. The first-order valence-corrected chi connectivity index (χ1v) is 6.02. The highest BCUT2D eigenvalue weighted by Crippen LogP contribution is 2.09. The quantitative estimate of drug-likeness (QED) is 0.626. The third-order valence-electron chi connectivity index (χ3n) is 2.39. The first kappa shape index (κ1) is 12.8. The summed E-state index contributed by atoms with van der Waals surface area (Å²) in [6.45, 7) is 2.74. The van der Waals surface area contributed by atoms with Crippen molar-refractivity contribution in [2.24, 2.45) is 0 Å². The van der Waals surface area contributed by atoms with Gasteiger partial charge in [0, 0.05) is 12.8 Å². The number of ketones is 1. The summed E-state index contributed by atoms with van der Waals surface area (Å²) in [7, 11) is 0. The van der Waals surface area contributed by atoms with Crippen molar-refractivity contribution in [3.8, 4) is 5.75 Å². The van der Waals surface area contributed by atoms with Gasteiger partial charge in [0.25, 0.3) is 0 Å². The molecule has 0 bridgehead atoms. The van der Waals surface area contributed by atoms with Gasteiger partial charge in [-0.05, 0) is 31.4 Å². The van der Waals surface area contributed by atoms with Crippen LogP contribution in [0.2, 0.25) is 0 Å². The number of Topliss-reactive ketones (excluding diaryl/α,β-unsaturated/α-hetero) is 1. The summed E-state index contributed by atoms with van der Waals surface area (Å²) in [4.78, 5) is 11.2. The molecule has 88 valence electrons. The van der Waals surface area contributed by atoms with Crippen LogP contribution in [0.3, 0.4) is 0 Å². The minimum absolute atomic E-state index is 0.377. The number of carbonyl (C=O) groups is 1. The van der Waals surface area contributed by atoms with Crippen LogP contribution in [0.15, 0.2) is 30.3 Å². The van der Waals surface area contributed by atoms with Gasteiger partial charge in [0.2, 0.25) is 0 Å².